The summed E-state index contributed by atoms with van der Waals surface area (Å²) >= 11 is 0. The average Bonchev–Trinajstić information content (AvgIpc) is 2.46. The van der Waals surface area contributed by atoms with Crippen molar-refractivity contribution in [1.29, 1.82) is 5.26 Å². The van der Waals surface area contributed by atoms with E-state index in [0.29, 0.717) is 11.5 Å². The first-order chi connectivity index (χ1) is 10.1. The number of nitriles is 1. The lowest BCUT2D eigenvalue weighted by Crippen LogP contribution is -2.07. The van der Waals surface area contributed by atoms with Crippen LogP contribution in [0.5, 0.6) is 11.5 Å². The largest absolute Gasteiger partial charge is 0.508 e. The van der Waals surface area contributed by atoms with Crippen LogP contribution in [-0.4, -0.2) is 11.7 Å². The summed E-state index contributed by atoms with van der Waals surface area (Å²) in [4.78, 5) is 0. The Morgan fingerprint density at radius 2 is 1.95 bits per heavy atom. The minimum Gasteiger partial charge on any atom is -0.508 e. The quantitative estimate of drug-likeness (QED) is 0.876. The molecule has 0 saturated heterocycles. The van der Waals surface area contributed by atoms with Crippen LogP contribution in [0.15, 0.2) is 42.5 Å². The van der Waals surface area contributed by atoms with Crippen molar-refractivity contribution in [3.05, 3.63) is 53.6 Å². The Balaban J connectivity index is 2.05. The van der Waals surface area contributed by atoms with Crippen LogP contribution >= 0.6 is 0 Å². The van der Waals surface area contributed by atoms with E-state index >= 15 is 0 Å². The third-order valence-corrected chi connectivity index (χ3v) is 3.19. The molecule has 4 heteroatoms. The number of benzene rings is 2. The molecule has 2 aromatic carbocycles. The van der Waals surface area contributed by atoms with Crippen molar-refractivity contribution in [2.24, 2.45) is 0 Å². The molecule has 0 fully saturated rings. The van der Waals surface area contributed by atoms with Gasteiger partial charge in [0.2, 0.25) is 0 Å². The van der Waals surface area contributed by atoms with Crippen molar-refractivity contribution in [2.45, 2.75) is 19.9 Å². The van der Waals surface area contributed by atoms with Gasteiger partial charge in [0.15, 0.2) is 6.61 Å². The number of anilines is 1. The van der Waals surface area contributed by atoms with Gasteiger partial charge in [-0.05, 0) is 49.7 Å². The second-order valence-corrected chi connectivity index (χ2v) is 4.90. The van der Waals surface area contributed by atoms with Gasteiger partial charge in [-0.2, -0.15) is 5.26 Å². The number of aryl methyl sites for hydroxylation is 1. The van der Waals surface area contributed by atoms with Crippen molar-refractivity contribution in [3.63, 3.8) is 0 Å². The number of phenols is 1. The monoisotopic (exact) mass is 282 g/mol. The van der Waals surface area contributed by atoms with E-state index in [2.05, 4.69) is 5.32 Å². The summed E-state index contributed by atoms with van der Waals surface area (Å²) in [7, 11) is 0. The Morgan fingerprint density at radius 3 is 2.57 bits per heavy atom. The molecular formula is C17H18N2O2. The van der Waals surface area contributed by atoms with Crippen LogP contribution < -0.4 is 10.1 Å². The summed E-state index contributed by atoms with van der Waals surface area (Å²) in [5.74, 6) is 0.955. The minimum absolute atomic E-state index is 0.0172. The molecule has 0 heterocycles. The van der Waals surface area contributed by atoms with Crippen molar-refractivity contribution in [1.82, 2.24) is 0 Å². The number of ether oxygens (including phenoxy) is 1. The van der Waals surface area contributed by atoms with Gasteiger partial charge in [-0.3, -0.25) is 0 Å². The fourth-order valence-corrected chi connectivity index (χ4v) is 2.11. The number of hydrogen-bond donors (Lipinski definition) is 2. The van der Waals surface area contributed by atoms with Gasteiger partial charge < -0.3 is 15.2 Å². The first-order valence-electron chi connectivity index (χ1n) is 6.76. The maximum Gasteiger partial charge on any atom is 0.174 e. The SMILES string of the molecule is Cc1ccc(C(C)Nc2ccc(OCC#N)cc2)c(O)c1. The predicted molar refractivity (Wildman–Crippen MR) is 82.4 cm³/mol. The van der Waals surface area contributed by atoms with E-state index in [4.69, 9.17) is 10.00 Å². The molecule has 2 aromatic rings. The molecule has 0 aliphatic carbocycles. The first kappa shape index (κ1) is 14.7. The highest BCUT2D eigenvalue weighted by molar-refractivity contribution is 5.50. The lowest BCUT2D eigenvalue weighted by atomic mass is 10.0. The number of phenolic OH excluding ortho intramolecular Hbond substituents is 1. The van der Waals surface area contributed by atoms with E-state index in [1.165, 1.54) is 0 Å². The number of nitrogens with one attached hydrogen (secondary N) is 1. The van der Waals surface area contributed by atoms with Crippen LogP contribution in [0.1, 0.15) is 24.1 Å². The average molecular weight is 282 g/mol. The molecule has 2 rings (SSSR count). The fourth-order valence-electron chi connectivity index (χ4n) is 2.11. The Bertz CT molecular complexity index is 645. The second kappa shape index (κ2) is 6.67. The smallest absolute Gasteiger partial charge is 0.174 e. The molecule has 1 unspecified atom stereocenters. The Hall–Kier alpha value is -2.67. The van der Waals surface area contributed by atoms with Crippen LogP contribution in [0.4, 0.5) is 5.69 Å². The van der Waals surface area contributed by atoms with Gasteiger partial charge in [0.05, 0.1) is 6.04 Å². The summed E-state index contributed by atoms with van der Waals surface area (Å²) in [5, 5.41) is 21.8. The lowest BCUT2D eigenvalue weighted by Gasteiger charge is -2.17. The molecule has 0 bridgehead atoms. The molecule has 0 radical (unpaired) electrons. The van der Waals surface area contributed by atoms with Crippen molar-refractivity contribution in [3.8, 4) is 17.6 Å². The predicted octanol–water partition coefficient (Wildman–Crippen LogP) is 3.78. The highest BCUT2D eigenvalue weighted by atomic mass is 16.5. The highest BCUT2D eigenvalue weighted by Crippen LogP contribution is 2.28. The number of hydrogen-bond acceptors (Lipinski definition) is 4. The zero-order chi connectivity index (χ0) is 15.2. The molecule has 0 saturated carbocycles. The molecule has 21 heavy (non-hydrogen) atoms. The summed E-state index contributed by atoms with van der Waals surface area (Å²) in [6.07, 6.45) is 0. The van der Waals surface area contributed by atoms with E-state index in [0.717, 1.165) is 16.8 Å². The molecule has 1 atom stereocenters. The van der Waals surface area contributed by atoms with E-state index in [9.17, 15) is 5.11 Å². The van der Waals surface area contributed by atoms with Crippen molar-refractivity contribution >= 4 is 5.69 Å². The summed E-state index contributed by atoms with van der Waals surface area (Å²) in [6.45, 7) is 3.98. The molecular weight excluding hydrogens is 264 g/mol. The van der Waals surface area contributed by atoms with E-state index in [1.54, 1.807) is 18.2 Å². The summed E-state index contributed by atoms with van der Waals surface area (Å²) < 4.78 is 5.20. The van der Waals surface area contributed by atoms with Gasteiger partial charge >= 0.3 is 0 Å². The van der Waals surface area contributed by atoms with E-state index in [1.807, 2.05) is 44.2 Å². The van der Waals surface area contributed by atoms with Crippen LogP contribution in [0.25, 0.3) is 0 Å². The standard InChI is InChI=1S/C17H18N2O2/c1-12-3-8-16(17(20)11-12)13(2)19-14-4-6-15(7-5-14)21-10-9-18/h3-8,11,13,19-20H,10H2,1-2H3. The van der Waals surface area contributed by atoms with Gasteiger partial charge in [0.1, 0.15) is 17.6 Å². The Kier molecular flexibility index (Phi) is 4.68. The normalized spacial score (nSPS) is 11.5. The van der Waals surface area contributed by atoms with Crippen LogP contribution in [0, 0.1) is 18.3 Å². The molecule has 0 spiro atoms. The number of rotatable bonds is 5. The zero-order valence-electron chi connectivity index (χ0n) is 12.1. The van der Waals surface area contributed by atoms with Crippen molar-refractivity contribution < 1.29 is 9.84 Å². The maximum absolute atomic E-state index is 9.99. The molecule has 2 N–H and O–H groups in total. The highest BCUT2D eigenvalue weighted by Gasteiger charge is 2.10. The maximum atomic E-state index is 9.99. The van der Waals surface area contributed by atoms with E-state index in [-0.39, 0.29) is 12.6 Å². The molecule has 0 aliphatic rings. The molecule has 0 amide bonds. The Morgan fingerprint density at radius 1 is 1.24 bits per heavy atom. The van der Waals surface area contributed by atoms with Crippen molar-refractivity contribution in [2.75, 3.05) is 11.9 Å². The van der Waals surface area contributed by atoms with Gasteiger partial charge in [0, 0.05) is 11.3 Å². The summed E-state index contributed by atoms with van der Waals surface area (Å²) in [6, 6.07) is 15.0. The second-order valence-electron chi connectivity index (χ2n) is 4.90. The van der Waals surface area contributed by atoms with Gasteiger partial charge in [0.25, 0.3) is 0 Å². The minimum atomic E-state index is -0.0172. The fraction of sp³-hybridized carbons (Fsp3) is 0.235. The first-order valence-corrected chi connectivity index (χ1v) is 6.76. The van der Waals surface area contributed by atoms with Crippen LogP contribution in [0.2, 0.25) is 0 Å². The Labute approximate surface area is 124 Å². The topological polar surface area (TPSA) is 65.3 Å². The number of nitrogens with zero attached hydrogens (tertiary/aromatic N) is 1. The third-order valence-electron chi connectivity index (χ3n) is 3.19. The van der Waals surface area contributed by atoms with E-state index < -0.39 is 0 Å². The summed E-state index contributed by atoms with van der Waals surface area (Å²) in [5.41, 5.74) is 2.81. The molecule has 108 valence electrons. The van der Waals surface area contributed by atoms with Gasteiger partial charge in [-0.15, -0.1) is 0 Å². The number of aromatic hydroxyl groups is 1. The van der Waals surface area contributed by atoms with Crippen LogP contribution in [0.3, 0.4) is 0 Å². The van der Waals surface area contributed by atoms with Gasteiger partial charge in [-0.25, -0.2) is 0 Å². The van der Waals surface area contributed by atoms with Crippen LogP contribution in [-0.2, 0) is 0 Å². The lowest BCUT2D eigenvalue weighted by molar-refractivity contribution is 0.368. The molecule has 4 nitrogen and oxygen atoms in total. The third kappa shape index (κ3) is 3.90. The van der Waals surface area contributed by atoms with Gasteiger partial charge in [-0.1, -0.05) is 12.1 Å². The zero-order valence-corrected chi connectivity index (χ0v) is 12.1. The molecule has 0 aromatic heterocycles. The molecule has 0 aliphatic heterocycles.